The molecule has 0 bridgehead atoms. The van der Waals surface area contributed by atoms with E-state index in [4.69, 9.17) is 14.7 Å². The number of methoxy groups -OCH3 is 2. The van der Waals surface area contributed by atoms with E-state index < -0.39 is 0 Å². The lowest BCUT2D eigenvalue weighted by Gasteiger charge is -2.21. The average Bonchev–Trinajstić information content (AvgIpc) is 2.53. The lowest BCUT2D eigenvalue weighted by Crippen LogP contribution is -2.06. The molecule has 0 aliphatic rings. The zero-order chi connectivity index (χ0) is 15.2. The highest BCUT2D eigenvalue weighted by molar-refractivity contribution is 5.73. The second-order valence-corrected chi connectivity index (χ2v) is 4.31. The van der Waals surface area contributed by atoms with Crippen LogP contribution in [-0.2, 0) is 0 Å². The Morgan fingerprint density at radius 2 is 1.71 bits per heavy atom. The van der Waals surface area contributed by atoms with Crippen molar-refractivity contribution in [3.05, 3.63) is 58.8 Å². The highest BCUT2D eigenvalue weighted by Gasteiger charge is 2.01. The first-order valence-electron chi connectivity index (χ1n) is 6.30. The van der Waals surface area contributed by atoms with Gasteiger partial charge in [-0.15, -0.1) is 0 Å². The topological polar surface area (TPSA) is 65.0 Å². The van der Waals surface area contributed by atoms with Crippen molar-refractivity contribution in [1.29, 1.82) is 0 Å². The minimum Gasteiger partial charge on any atom is -0.733 e. The molecule has 0 aliphatic carbocycles. The van der Waals surface area contributed by atoms with Crippen molar-refractivity contribution >= 4 is 17.8 Å². The minimum atomic E-state index is -0.167. The summed E-state index contributed by atoms with van der Waals surface area (Å²) >= 11 is 0. The lowest BCUT2D eigenvalue weighted by atomic mass is 10.1. The van der Waals surface area contributed by atoms with Gasteiger partial charge in [0, 0.05) is 11.6 Å². The molecular weight excluding hydrogens is 270 g/mol. The molecule has 2 rings (SSSR count). The van der Waals surface area contributed by atoms with Crippen LogP contribution in [0.25, 0.3) is 12.2 Å². The number of benzene rings is 2. The van der Waals surface area contributed by atoms with Crippen LogP contribution in [0.3, 0.4) is 0 Å². The molecule has 2 aromatic carbocycles. The van der Waals surface area contributed by atoms with E-state index >= 15 is 0 Å². The summed E-state index contributed by atoms with van der Waals surface area (Å²) in [7, 11) is 3.21. The summed E-state index contributed by atoms with van der Waals surface area (Å²) in [5.41, 5.74) is 2.00. The molecule has 0 aliphatic heterocycles. The van der Waals surface area contributed by atoms with Gasteiger partial charge in [0.1, 0.15) is 11.5 Å². The largest absolute Gasteiger partial charge is 0.733 e. The fraction of sp³-hybridized carbons (Fsp3) is 0.125. The quantitative estimate of drug-likeness (QED) is 0.672. The van der Waals surface area contributed by atoms with Crippen molar-refractivity contribution in [2.24, 2.45) is 0 Å². The second-order valence-electron chi connectivity index (χ2n) is 4.31. The molecule has 0 saturated heterocycles. The molecule has 1 N–H and O–H groups in total. The standard InChI is InChI=1S/C16H16NO4/c1-20-15-10-7-13(16(11-15)21-2)6-3-12-4-8-14(9-5-12)17(18)19/h3-11,18H,1-2H3/q-1. The molecule has 0 spiro atoms. The molecule has 0 saturated carbocycles. The average molecular weight is 286 g/mol. The van der Waals surface area contributed by atoms with E-state index in [9.17, 15) is 5.21 Å². The number of rotatable bonds is 5. The summed E-state index contributed by atoms with van der Waals surface area (Å²) in [6.07, 6.45) is 3.79. The van der Waals surface area contributed by atoms with Crippen LogP contribution >= 0.6 is 0 Å². The van der Waals surface area contributed by atoms with Crippen LogP contribution in [0.2, 0.25) is 0 Å². The van der Waals surface area contributed by atoms with Crippen molar-refractivity contribution in [3.63, 3.8) is 0 Å². The van der Waals surface area contributed by atoms with E-state index in [0.29, 0.717) is 5.75 Å². The van der Waals surface area contributed by atoms with E-state index in [1.807, 2.05) is 30.4 Å². The lowest BCUT2D eigenvalue weighted by molar-refractivity contribution is 0.296. The monoisotopic (exact) mass is 286 g/mol. The third-order valence-electron chi connectivity index (χ3n) is 3.01. The SMILES string of the molecule is COc1ccc(C=Cc2ccc(N([O-])O)cc2)c(OC)c1. The van der Waals surface area contributed by atoms with Crippen LogP contribution in [0, 0.1) is 5.21 Å². The highest BCUT2D eigenvalue weighted by Crippen LogP contribution is 2.26. The van der Waals surface area contributed by atoms with Crippen molar-refractivity contribution in [2.45, 2.75) is 0 Å². The maximum atomic E-state index is 10.7. The van der Waals surface area contributed by atoms with Gasteiger partial charge in [0.2, 0.25) is 0 Å². The zero-order valence-corrected chi connectivity index (χ0v) is 11.8. The Morgan fingerprint density at radius 3 is 2.29 bits per heavy atom. The second kappa shape index (κ2) is 6.78. The summed E-state index contributed by atoms with van der Waals surface area (Å²) in [5.74, 6) is 1.44. The van der Waals surface area contributed by atoms with Crippen molar-refractivity contribution in [1.82, 2.24) is 0 Å². The maximum Gasteiger partial charge on any atom is 0.129 e. The van der Waals surface area contributed by atoms with Crippen LogP contribution in [0.5, 0.6) is 11.5 Å². The maximum absolute atomic E-state index is 10.7. The van der Waals surface area contributed by atoms with Crippen molar-refractivity contribution < 1.29 is 14.7 Å². The number of hydrogen-bond acceptors (Lipinski definition) is 5. The Labute approximate surface area is 123 Å². The van der Waals surface area contributed by atoms with E-state index in [0.717, 1.165) is 16.9 Å². The number of nitrogens with zero attached hydrogens (tertiary/aromatic N) is 1. The summed E-state index contributed by atoms with van der Waals surface area (Å²) < 4.78 is 10.5. The van der Waals surface area contributed by atoms with Crippen molar-refractivity contribution in [3.8, 4) is 11.5 Å². The normalized spacial score (nSPS) is 10.7. The molecule has 21 heavy (non-hydrogen) atoms. The van der Waals surface area contributed by atoms with Gasteiger partial charge in [-0.05, 0) is 29.8 Å². The van der Waals surface area contributed by atoms with Gasteiger partial charge in [-0.2, -0.15) is 0 Å². The smallest absolute Gasteiger partial charge is 0.129 e. The van der Waals surface area contributed by atoms with Gasteiger partial charge in [-0.25, -0.2) is 0 Å². The van der Waals surface area contributed by atoms with Crippen LogP contribution < -0.4 is 14.7 Å². The van der Waals surface area contributed by atoms with Gasteiger partial charge in [0.05, 0.1) is 19.9 Å². The van der Waals surface area contributed by atoms with Gasteiger partial charge < -0.3 is 19.9 Å². The first-order valence-corrected chi connectivity index (χ1v) is 6.30. The number of ether oxygens (including phenoxy) is 2. The summed E-state index contributed by atoms with van der Waals surface area (Å²) in [4.78, 5) is 0. The van der Waals surface area contributed by atoms with E-state index in [-0.39, 0.29) is 10.9 Å². The van der Waals surface area contributed by atoms with Gasteiger partial charge in [-0.1, -0.05) is 24.3 Å². The van der Waals surface area contributed by atoms with E-state index in [1.54, 1.807) is 26.4 Å². The number of hydrogen-bond donors (Lipinski definition) is 1. The van der Waals surface area contributed by atoms with Gasteiger partial charge in [-0.3, -0.25) is 5.21 Å². The summed E-state index contributed by atoms with van der Waals surface area (Å²) in [6, 6.07) is 12.1. The molecule has 2 aromatic rings. The predicted molar refractivity (Wildman–Crippen MR) is 82.5 cm³/mol. The zero-order valence-electron chi connectivity index (χ0n) is 11.8. The fourth-order valence-electron chi connectivity index (χ4n) is 1.86. The Kier molecular flexibility index (Phi) is 4.81. The predicted octanol–water partition coefficient (Wildman–Crippen LogP) is 3.57. The van der Waals surface area contributed by atoms with Gasteiger partial charge in [0.25, 0.3) is 0 Å². The summed E-state index contributed by atoms with van der Waals surface area (Å²) in [6.45, 7) is 0. The van der Waals surface area contributed by atoms with Gasteiger partial charge >= 0.3 is 0 Å². The molecule has 0 fully saturated rings. The molecule has 0 amide bonds. The Hall–Kier alpha value is -2.50. The third-order valence-corrected chi connectivity index (χ3v) is 3.01. The molecule has 0 radical (unpaired) electrons. The Morgan fingerprint density at radius 1 is 1.00 bits per heavy atom. The Balaban J connectivity index is 2.20. The van der Waals surface area contributed by atoms with Crippen molar-refractivity contribution in [2.75, 3.05) is 19.4 Å². The Bertz CT molecular complexity index is 621. The first kappa shape index (κ1) is 14.9. The molecular formula is C16H16NO4-. The highest BCUT2D eigenvalue weighted by atomic mass is 16.8. The van der Waals surface area contributed by atoms with Gasteiger partial charge in [0.15, 0.2) is 0 Å². The number of anilines is 1. The fourth-order valence-corrected chi connectivity index (χ4v) is 1.86. The van der Waals surface area contributed by atoms with E-state index in [2.05, 4.69) is 0 Å². The molecule has 110 valence electrons. The third kappa shape index (κ3) is 3.75. The molecule has 0 unspecified atom stereocenters. The van der Waals surface area contributed by atoms with Crippen LogP contribution in [0.4, 0.5) is 5.69 Å². The van der Waals surface area contributed by atoms with Crippen LogP contribution in [0.15, 0.2) is 42.5 Å². The van der Waals surface area contributed by atoms with E-state index in [1.165, 1.54) is 12.1 Å². The first-order chi connectivity index (χ1) is 10.1. The molecule has 0 atom stereocenters. The molecule has 0 aromatic heterocycles. The van der Waals surface area contributed by atoms with Crippen LogP contribution in [-0.4, -0.2) is 19.4 Å². The summed E-state index contributed by atoms with van der Waals surface area (Å²) in [5, 5.41) is 19.3. The molecule has 5 heteroatoms. The minimum absolute atomic E-state index is 0.167. The molecule has 0 heterocycles. The molecule has 5 nitrogen and oxygen atoms in total. The van der Waals surface area contributed by atoms with Crippen LogP contribution in [0.1, 0.15) is 11.1 Å².